The molecule has 0 bridgehead atoms. The van der Waals surface area contributed by atoms with E-state index in [1.807, 2.05) is 87.5 Å². The first-order valence-electron chi connectivity index (χ1n) is 14.6. The average molecular weight is 570 g/mol. The number of hydrogen-bond acceptors (Lipinski definition) is 4. The van der Waals surface area contributed by atoms with E-state index in [9.17, 15) is 19.5 Å². The van der Waals surface area contributed by atoms with Crippen LogP contribution in [-0.4, -0.2) is 64.4 Å². The number of carboxylic acid groups (broad SMARTS) is 1. The third-order valence-corrected chi connectivity index (χ3v) is 8.32. The fourth-order valence-corrected chi connectivity index (χ4v) is 6.03. The van der Waals surface area contributed by atoms with Crippen LogP contribution in [-0.2, 0) is 27.2 Å². The Kier molecular flexibility index (Phi) is 9.52. The number of nitrogens with two attached hydrogens (primary N) is 1. The lowest BCUT2D eigenvalue weighted by atomic mass is 9.73. The molecule has 1 heterocycles. The van der Waals surface area contributed by atoms with Crippen molar-refractivity contribution in [3.8, 4) is 0 Å². The van der Waals surface area contributed by atoms with Crippen molar-refractivity contribution in [2.75, 3.05) is 20.1 Å². The first-order chi connectivity index (χ1) is 19.9. The summed E-state index contributed by atoms with van der Waals surface area (Å²) in [5.74, 6) is -1.25. The molecule has 0 unspecified atom stereocenters. The average Bonchev–Trinajstić information content (AvgIpc) is 2.95. The fourth-order valence-electron chi connectivity index (χ4n) is 6.03. The molecule has 2 amide bonds. The molecule has 0 aliphatic carbocycles. The molecule has 3 aromatic rings. The van der Waals surface area contributed by atoms with Crippen molar-refractivity contribution in [3.63, 3.8) is 0 Å². The van der Waals surface area contributed by atoms with Gasteiger partial charge in [0.25, 0.3) is 0 Å². The largest absolute Gasteiger partial charge is 0.481 e. The molecule has 222 valence electrons. The number of nitrogens with zero attached hydrogens (tertiary/aromatic N) is 2. The zero-order valence-electron chi connectivity index (χ0n) is 25.2. The number of likely N-dealkylation sites (tertiary alicyclic amines) is 1. The lowest BCUT2D eigenvalue weighted by molar-refractivity contribution is -0.155. The molecule has 3 aromatic carbocycles. The van der Waals surface area contributed by atoms with Crippen LogP contribution in [0, 0.1) is 5.41 Å². The minimum Gasteiger partial charge on any atom is -0.481 e. The minimum absolute atomic E-state index is 0.164. The number of hydrogen-bond donors (Lipinski definition) is 2. The molecule has 7 nitrogen and oxygen atoms in total. The van der Waals surface area contributed by atoms with Crippen molar-refractivity contribution in [1.29, 1.82) is 0 Å². The molecule has 1 aliphatic heterocycles. The molecule has 0 spiro atoms. The molecular weight excluding hydrogens is 526 g/mol. The summed E-state index contributed by atoms with van der Waals surface area (Å²) in [6, 6.07) is 23.1. The van der Waals surface area contributed by atoms with E-state index in [-0.39, 0.29) is 11.8 Å². The summed E-state index contributed by atoms with van der Waals surface area (Å²) in [5.41, 5.74) is 7.56. The Bertz CT molecular complexity index is 1450. The highest BCUT2D eigenvalue weighted by Crippen LogP contribution is 2.36. The number of amides is 2. The number of fused-ring (bicyclic) bond motifs is 1. The minimum atomic E-state index is -0.928. The summed E-state index contributed by atoms with van der Waals surface area (Å²) in [6.45, 7) is 6.35. The Labute approximate surface area is 249 Å². The van der Waals surface area contributed by atoms with Gasteiger partial charge in [-0.25, -0.2) is 0 Å². The number of piperidine rings is 1. The van der Waals surface area contributed by atoms with E-state index in [4.69, 9.17) is 5.73 Å². The zero-order chi connectivity index (χ0) is 30.5. The van der Waals surface area contributed by atoms with E-state index in [1.165, 1.54) is 4.90 Å². The van der Waals surface area contributed by atoms with E-state index in [1.54, 1.807) is 18.0 Å². The molecule has 1 atom stereocenters. The second-order valence-electron chi connectivity index (χ2n) is 12.6. The van der Waals surface area contributed by atoms with Crippen LogP contribution in [0.15, 0.2) is 84.4 Å². The molecule has 0 radical (unpaired) electrons. The fraction of sp³-hybridized carbons (Fsp3) is 0.400. The van der Waals surface area contributed by atoms with Crippen molar-refractivity contribution in [3.05, 3.63) is 95.6 Å². The van der Waals surface area contributed by atoms with Gasteiger partial charge in [0.1, 0.15) is 6.04 Å². The molecular formula is C35H43N3O4. The zero-order valence-corrected chi connectivity index (χ0v) is 25.2. The van der Waals surface area contributed by atoms with E-state index in [2.05, 4.69) is 6.07 Å². The van der Waals surface area contributed by atoms with Gasteiger partial charge in [-0.3, -0.25) is 14.4 Å². The van der Waals surface area contributed by atoms with Crippen molar-refractivity contribution in [1.82, 2.24) is 9.80 Å². The number of carbonyl (C=O) groups excluding carboxylic acids is 2. The highest BCUT2D eigenvalue weighted by Gasteiger charge is 2.43. The number of carbonyl (C=O) groups is 3. The highest BCUT2D eigenvalue weighted by atomic mass is 16.4. The summed E-state index contributed by atoms with van der Waals surface area (Å²) < 4.78 is 0. The van der Waals surface area contributed by atoms with E-state index >= 15 is 0 Å². The molecule has 3 N–H and O–H groups in total. The van der Waals surface area contributed by atoms with Crippen LogP contribution in [0.5, 0.6) is 0 Å². The normalized spacial score (nSPS) is 16.2. The van der Waals surface area contributed by atoms with Crippen LogP contribution in [0.2, 0.25) is 0 Å². The third-order valence-electron chi connectivity index (χ3n) is 8.32. The molecule has 4 rings (SSSR count). The third kappa shape index (κ3) is 7.65. The van der Waals surface area contributed by atoms with Crippen molar-refractivity contribution in [2.24, 2.45) is 11.1 Å². The van der Waals surface area contributed by atoms with Crippen LogP contribution in [0.25, 0.3) is 10.8 Å². The van der Waals surface area contributed by atoms with Gasteiger partial charge in [-0.1, -0.05) is 78.4 Å². The number of benzene rings is 3. The predicted molar refractivity (Wildman–Crippen MR) is 167 cm³/mol. The standard InChI is InChI=1S/C35H43N3O4/c1-25(23-34(2,3)36)20-31(39)37(4)30(22-27-14-15-28-12-8-9-13-29(28)21-27)32(40)38-18-16-35(17-19-38,33(41)42)24-26-10-6-5-7-11-26/h5-15,20-21,30H,16-19,22-24,36H2,1-4H3,(H,41,42)/b25-20+/t30-/m1/s1. The van der Waals surface area contributed by atoms with Gasteiger partial charge in [0, 0.05) is 38.2 Å². The van der Waals surface area contributed by atoms with Gasteiger partial charge in [-0.15, -0.1) is 0 Å². The highest BCUT2D eigenvalue weighted by molar-refractivity contribution is 5.93. The predicted octanol–water partition coefficient (Wildman–Crippen LogP) is 5.22. The summed E-state index contributed by atoms with van der Waals surface area (Å²) in [4.78, 5) is 43.3. The smallest absolute Gasteiger partial charge is 0.310 e. The maximum absolute atomic E-state index is 14.1. The Hall–Kier alpha value is -3.97. The summed E-state index contributed by atoms with van der Waals surface area (Å²) in [7, 11) is 1.67. The Morgan fingerprint density at radius 2 is 1.60 bits per heavy atom. The molecule has 1 aliphatic rings. The lowest BCUT2D eigenvalue weighted by Crippen LogP contribution is -2.54. The number of aliphatic carboxylic acids is 1. The second kappa shape index (κ2) is 12.9. The van der Waals surface area contributed by atoms with Crippen molar-refractivity contribution >= 4 is 28.6 Å². The van der Waals surface area contributed by atoms with Gasteiger partial charge in [-0.2, -0.15) is 0 Å². The maximum atomic E-state index is 14.1. The first-order valence-corrected chi connectivity index (χ1v) is 14.6. The second-order valence-corrected chi connectivity index (χ2v) is 12.6. The molecule has 42 heavy (non-hydrogen) atoms. The van der Waals surface area contributed by atoms with E-state index in [0.29, 0.717) is 45.2 Å². The van der Waals surface area contributed by atoms with Gasteiger partial charge in [0.2, 0.25) is 11.8 Å². The summed E-state index contributed by atoms with van der Waals surface area (Å²) in [6.07, 6.45) is 3.61. The van der Waals surface area contributed by atoms with Gasteiger partial charge in [0.15, 0.2) is 0 Å². The maximum Gasteiger partial charge on any atom is 0.310 e. The Morgan fingerprint density at radius 3 is 2.21 bits per heavy atom. The number of rotatable bonds is 10. The molecule has 0 aromatic heterocycles. The van der Waals surface area contributed by atoms with Crippen LogP contribution >= 0.6 is 0 Å². The van der Waals surface area contributed by atoms with Crippen LogP contribution in [0.4, 0.5) is 0 Å². The monoisotopic (exact) mass is 569 g/mol. The SMILES string of the molecule is C/C(=C\C(=O)N(C)[C@H](Cc1ccc2ccccc2c1)C(=O)N1CCC(Cc2ccccc2)(C(=O)O)CC1)CC(C)(C)N. The molecule has 1 saturated heterocycles. The quantitative estimate of drug-likeness (QED) is 0.326. The van der Waals surface area contributed by atoms with Gasteiger partial charge in [-0.05, 0) is 68.4 Å². The van der Waals surface area contributed by atoms with Gasteiger partial charge in [0.05, 0.1) is 5.41 Å². The van der Waals surface area contributed by atoms with Gasteiger partial charge < -0.3 is 20.6 Å². The molecule has 1 fully saturated rings. The van der Waals surface area contributed by atoms with Gasteiger partial charge >= 0.3 is 5.97 Å². The molecule has 0 saturated carbocycles. The van der Waals surface area contributed by atoms with Crippen molar-refractivity contribution in [2.45, 2.75) is 64.5 Å². The number of carboxylic acids is 1. The number of likely N-dealkylation sites (N-methyl/N-ethyl adjacent to an activating group) is 1. The van der Waals surface area contributed by atoms with Crippen molar-refractivity contribution < 1.29 is 19.5 Å². The summed E-state index contributed by atoms with van der Waals surface area (Å²) >= 11 is 0. The van der Waals surface area contributed by atoms with Crippen LogP contribution in [0.1, 0.15) is 51.2 Å². The van der Waals surface area contributed by atoms with E-state index < -0.39 is 23.0 Å². The Morgan fingerprint density at radius 1 is 0.976 bits per heavy atom. The first kappa shape index (κ1) is 31.0. The molecule has 7 heteroatoms. The topological polar surface area (TPSA) is 104 Å². The summed E-state index contributed by atoms with van der Waals surface area (Å²) in [5, 5.41) is 12.4. The van der Waals surface area contributed by atoms with Crippen LogP contribution < -0.4 is 5.73 Å². The van der Waals surface area contributed by atoms with E-state index in [0.717, 1.165) is 27.5 Å². The Balaban J connectivity index is 1.57. The lowest BCUT2D eigenvalue weighted by Gasteiger charge is -2.41. The van der Waals surface area contributed by atoms with Crippen LogP contribution in [0.3, 0.4) is 0 Å².